The van der Waals surface area contributed by atoms with Gasteiger partial charge in [-0.2, -0.15) is 0 Å². The number of hydrogen-bond donors (Lipinski definition) is 0. The lowest BCUT2D eigenvalue weighted by atomic mass is 9.93. The topological polar surface area (TPSA) is 164 Å². The van der Waals surface area contributed by atoms with Crippen LogP contribution in [0.2, 0.25) is 0 Å². The van der Waals surface area contributed by atoms with Gasteiger partial charge in [-0.15, -0.1) is 0 Å². The van der Waals surface area contributed by atoms with Gasteiger partial charge >= 0.3 is 0 Å². The number of imide groups is 2. The molecule has 6 rings (SSSR count). The van der Waals surface area contributed by atoms with Crippen molar-refractivity contribution < 1.29 is 29.0 Å². The van der Waals surface area contributed by atoms with Crippen LogP contribution in [0.5, 0.6) is 0 Å². The molecule has 2 heterocycles. The molecule has 13 heteroatoms. The number of amides is 4. The van der Waals surface area contributed by atoms with Crippen molar-refractivity contribution in [1.29, 1.82) is 0 Å². The summed E-state index contributed by atoms with van der Waals surface area (Å²) in [5.74, 6) is -2.19. The van der Waals surface area contributed by atoms with Crippen molar-refractivity contribution in [2.24, 2.45) is 0 Å². The van der Waals surface area contributed by atoms with Gasteiger partial charge in [-0.3, -0.25) is 49.2 Å². The van der Waals surface area contributed by atoms with Crippen molar-refractivity contribution in [3.8, 4) is 0 Å². The Morgan fingerprint density at radius 3 is 1.53 bits per heavy atom. The molecule has 43 heavy (non-hydrogen) atoms. The van der Waals surface area contributed by atoms with Crippen LogP contribution in [0.4, 0.5) is 11.4 Å². The highest BCUT2D eigenvalue weighted by Gasteiger charge is 2.35. The van der Waals surface area contributed by atoms with Crippen molar-refractivity contribution in [3.63, 3.8) is 0 Å². The summed E-state index contributed by atoms with van der Waals surface area (Å²) >= 11 is 0. The molecule has 0 aromatic heterocycles. The molecule has 0 unspecified atom stereocenters. The average molecular weight is 582 g/mol. The molecule has 2 aliphatic rings. The zero-order valence-electron chi connectivity index (χ0n) is 22.8. The Hall–Kier alpha value is -5.56. The standard InChI is InChI=1S/C30H23N5O8/c1-31(11-12-33-28(37)22-8-3-6-18-14-20(35(42)43)16-24(26(18)22)30(33)39)9-4-10-32-27(36)21-7-2-5-17-13-19(34(40)41)15-23(25(17)21)29(32)38/h2-3,5-8,13-16H,4,9-12H2,1H3. The molecule has 0 saturated heterocycles. The van der Waals surface area contributed by atoms with Gasteiger partial charge < -0.3 is 4.90 Å². The molecule has 4 aromatic rings. The summed E-state index contributed by atoms with van der Waals surface area (Å²) in [6, 6.07) is 14.7. The van der Waals surface area contributed by atoms with Crippen LogP contribution in [0.25, 0.3) is 21.5 Å². The molecule has 0 fully saturated rings. The van der Waals surface area contributed by atoms with Crippen LogP contribution >= 0.6 is 0 Å². The van der Waals surface area contributed by atoms with Gasteiger partial charge in [0.05, 0.1) is 21.0 Å². The second-order valence-corrected chi connectivity index (χ2v) is 10.5. The minimum Gasteiger partial charge on any atom is -0.305 e. The van der Waals surface area contributed by atoms with E-state index >= 15 is 0 Å². The molecule has 0 N–H and O–H groups in total. The SMILES string of the molecule is CN(CCCN1C(=O)c2cccc3cc([N+](=O)[O-])cc(c23)C1=O)CCN1C(=O)c2cccc3cc([N+](=O)[O-])cc(c23)C1=O. The summed E-state index contributed by atoms with van der Waals surface area (Å²) in [4.78, 5) is 78.6. The molecule has 4 aromatic carbocycles. The fourth-order valence-electron chi connectivity index (χ4n) is 5.78. The molecule has 0 spiro atoms. The van der Waals surface area contributed by atoms with E-state index in [9.17, 15) is 39.4 Å². The average Bonchev–Trinajstić information content (AvgIpc) is 2.99. The molecule has 0 bridgehead atoms. The Bertz CT molecular complexity index is 1940. The summed E-state index contributed by atoms with van der Waals surface area (Å²) in [5, 5.41) is 24.5. The Balaban J connectivity index is 1.13. The van der Waals surface area contributed by atoms with E-state index < -0.39 is 33.5 Å². The van der Waals surface area contributed by atoms with Crippen molar-refractivity contribution in [1.82, 2.24) is 14.7 Å². The Kier molecular flexibility index (Phi) is 6.66. The quantitative estimate of drug-likeness (QED) is 0.161. The fraction of sp³-hybridized carbons (Fsp3) is 0.200. The monoisotopic (exact) mass is 581 g/mol. The first-order valence-corrected chi connectivity index (χ1v) is 13.4. The molecule has 13 nitrogen and oxygen atoms in total. The van der Waals surface area contributed by atoms with Gasteiger partial charge in [-0.1, -0.05) is 24.3 Å². The van der Waals surface area contributed by atoms with Crippen LogP contribution in [0.15, 0.2) is 60.7 Å². The van der Waals surface area contributed by atoms with Crippen LogP contribution in [0.1, 0.15) is 47.9 Å². The number of nitrogens with zero attached hydrogens (tertiary/aromatic N) is 5. The van der Waals surface area contributed by atoms with Crippen molar-refractivity contribution in [2.75, 3.05) is 33.2 Å². The van der Waals surface area contributed by atoms with Crippen LogP contribution in [0, 0.1) is 20.2 Å². The molecule has 0 radical (unpaired) electrons. The summed E-state index contributed by atoms with van der Waals surface area (Å²) < 4.78 is 0. The van der Waals surface area contributed by atoms with Gasteiger partial charge in [0.15, 0.2) is 0 Å². The van der Waals surface area contributed by atoms with Crippen LogP contribution in [-0.2, 0) is 0 Å². The highest BCUT2D eigenvalue weighted by molar-refractivity contribution is 6.26. The number of benzene rings is 4. The van der Waals surface area contributed by atoms with Gasteiger partial charge in [0.25, 0.3) is 35.0 Å². The Morgan fingerprint density at radius 2 is 1.07 bits per heavy atom. The maximum absolute atomic E-state index is 13.3. The third-order valence-corrected chi connectivity index (χ3v) is 7.87. The first-order chi connectivity index (χ1) is 20.6. The van der Waals surface area contributed by atoms with Gasteiger partial charge in [-0.25, -0.2) is 0 Å². The minimum absolute atomic E-state index is 0.0211. The second-order valence-electron chi connectivity index (χ2n) is 10.5. The number of hydrogen-bond acceptors (Lipinski definition) is 9. The van der Waals surface area contributed by atoms with E-state index in [0.29, 0.717) is 45.6 Å². The Morgan fingerprint density at radius 1 is 0.628 bits per heavy atom. The highest BCUT2D eigenvalue weighted by Crippen LogP contribution is 2.35. The summed E-state index contributed by atoms with van der Waals surface area (Å²) in [6.07, 6.45) is 0.366. The molecule has 0 atom stereocenters. The molecular weight excluding hydrogens is 558 g/mol. The summed E-state index contributed by atoms with van der Waals surface area (Å²) in [6.45, 7) is 0.749. The molecule has 4 amide bonds. The lowest BCUT2D eigenvalue weighted by Gasteiger charge is -2.29. The number of carbonyl (C=O) groups excluding carboxylic acids is 4. The van der Waals surface area contributed by atoms with Gasteiger partial charge in [0.1, 0.15) is 0 Å². The third-order valence-electron chi connectivity index (χ3n) is 7.87. The van der Waals surface area contributed by atoms with Gasteiger partial charge in [0.2, 0.25) is 0 Å². The van der Waals surface area contributed by atoms with Crippen molar-refractivity contribution >= 4 is 56.5 Å². The molecule has 0 saturated carbocycles. The Labute approximate surface area is 243 Å². The lowest BCUT2D eigenvalue weighted by molar-refractivity contribution is -0.384. The van der Waals surface area contributed by atoms with E-state index in [0.717, 1.165) is 9.80 Å². The first kappa shape index (κ1) is 27.6. The maximum atomic E-state index is 13.3. The van der Waals surface area contributed by atoms with E-state index in [1.807, 2.05) is 4.90 Å². The summed E-state index contributed by atoms with van der Waals surface area (Å²) in [5.41, 5.74) is 0.312. The normalized spacial score (nSPS) is 14.4. The van der Waals surface area contributed by atoms with E-state index in [1.165, 1.54) is 24.3 Å². The van der Waals surface area contributed by atoms with Crippen molar-refractivity contribution in [3.05, 3.63) is 103 Å². The zero-order chi connectivity index (χ0) is 30.6. The lowest BCUT2D eigenvalue weighted by Crippen LogP contribution is -2.44. The molecule has 2 aliphatic heterocycles. The highest BCUT2D eigenvalue weighted by atomic mass is 16.6. The molecular formula is C30H23N5O8. The van der Waals surface area contributed by atoms with Crippen LogP contribution < -0.4 is 0 Å². The van der Waals surface area contributed by atoms with Gasteiger partial charge in [0, 0.05) is 65.8 Å². The minimum atomic E-state index is -0.614. The predicted octanol–water partition coefficient (Wildman–Crippen LogP) is 4.02. The largest absolute Gasteiger partial charge is 0.305 e. The second kappa shape index (κ2) is 10.4. The maximum Gasteiger partial charge on any atom is 0.270 e. The van der Waals surface area contributed by atoms with Crippen LogP contribution in [-0.4, -0.2) is 81.4 Å². The fourth-order valence-corrected chi connectivity index (χ4v) is 5.78. The predicted molar refractivity (Wildman–Crippen MR) is 154 cm³/mol. The first-order valence-electron chi connectivity index (χ1n) is 13.4. The van der Waals surface area contributed by atoms with Crippen LogP contribution in [0.3, 0.4) is 0 Å². The van der Waals surface area contributed by atoms with Gasteiger partial charge in [-0.05, 0) is 42.9 Å². The number of non-ortho nitro benzene ring substituents is 2. The number of likely N-dealkylation sites (N-methyl/N-ethyl adjacent to an activating group) is 1. The molecule has 216 valence electrons. The van der Waals surface area contributed by atoms with E-state index in [-0.39, 0.29) is 42.1 Å². The van der Waals surface area contributed by atoms with Crippen molar-refractivity contribution in [2.45, 2.75) is 6.42 Å². The smallest absolute Gasteiger partial charge is 0.270 e. The van der Waals surface area contributed by atoms with E-state index in [2.05, 4.69) is 0 Å². The zero-order valence-corrected chi connectivity index (χ0v) is 22.8. The summed E-state index contributed by atoms with van der Waals surface area (Å²) in [7, 11) is 1.76. The third kappa shape index (κ3) is 4.55. The number of rotatable bonds is 9. The number of nitro benzene ring substituents is 2. The number of carbonyl (C=O) groups is 4. The van der Waals surface area contributed by atoms with E-state index in [1.54, 1.807) is 43.4 Å². The van der Waals surface area contributed by atoms with E-state index in [4.69, 9.17) is 0 Å². The molecule has 0 aliphatic carbocycles. The number of nitro groups is 2.